The first-order chi connectivity index (χ1) is 11.3. The summed E-state index contributed by atoms with van der Waals surface area (Å²) >= 11 is 4.52. The number of nitrogens with zero attached hydrogens (tertiary/aromatic N) is 3. The largest absolute Gasteiger partial charge is 0.422 e. The van der Waals surface area contributed by atoms with Crippen LogP contribution in [0.3, 0.4) is 0 Å². The van der Waals surface area contributed by atoms with Gasteiger partial charge in [0, 0.05) is 5.69 Å². The normalized spacial score (nSPS) is 11.7. The third-order valence-corrected chi connectivity index (χ3v) is 3.81. The van der Waals surface area contributed by atoms with Gasteiger partial charge < -0.3 is 9.73 Å². The number of nitriles is 1. The standard InChI is InChI=1S/C17H14N4OS/c18-10-12-6-8-13(9-7-12)16(23)17-21-20-15(22-17)11-19-14-4-2-1-3-5-14/h1-9,16,19,23H,11H2. The minimum absolute atomic E-state index is 0.319. The quantitative estimate of drug-likeness (QED) is 0.702. The zero-order chi connectivity index (χ0) is 16.1. The summed E-state index contributed by atoms with van der Waals surface area (Å²) in [6.45, 7) is 0.449. The fourth-order valence-corrected chi connectivity index (χ4v) is 2.34. The Kier molecular flexibility index (Phi) is 4.60. The van der Waals surface area contributed by atoms with Gasteiger partial charge in [-0.3, -0.25) is 0 Å². The highest BCUT2D eigenvalue weighted by Gasteiger charge is 2.16. The first kappa shape index (κ1) is 15.1. The van der Waals surface area contributed by atoms with E-state index >= 15 is 0 Å². The molecular weight excluding hydrogens is 308 g/mol. The minimum atomic E-state index is -0.319. The van der Waals surface area contributed by atoms with Crippen molar-refractivity contribution in [3.63, 3.8) is 0 Å². The highest BCUT2D eigenvalue weighted by atomic mass is 32.1. The Morgan fingerprint density at radius 3 is 2.52 bits per heavy atom. The second kappa shape index (κ2) is 6.99. The van der Waals surface area contributed by atoms with Crippen LogP contribution in [-0.4, -0.2) is 10.2 Å². The first-order valence-corrected chi connectivity index (χ1v) is 7.57. The van der Waals surface area contributed by atoms with Crippen LogP contribution in [0.15, 0.2) is 59.0 Å². The maximum Gasteiger partial charge on any atom is 0.235 e. The fraction of sp³-hybridized carbons (Fsp3) is 0.118. The molecule has 0 aliphatic carbocycles. The first-order valence-electron chi connectivity index (χ1n) is 7.05. The van der Waals surface area contributed by atoms with Crippen molar-refractivity contribution in [2.75, 3.05) is 5.32 Å². The van der Waals surface area contributed by atoms with Gasteiger partial charge in [0.05, 0.1) is 18.2 Å². The molecule has 5 nitrogen and oxygen atoms in total. The second-order valence-corrected chi connectivity index (χ2v) is 5.41. The Morgan fingerprint density at radius 1 is 1.09 bits per heavy atom. The molecule has 0 saturated carbocycles. The lowest BCUT2D eigenvalue weighted by atomic mass is 10.1. The van der Waals surface area contributed by atoms with E-state index in [1.165, 1.54) is 0 Å². The number of hydrogen-bond acceptors (Lipinski definition) is 6. The van der Waals surface area contributed by atoms with E-state index < -0.39 is 0 Å². The maximum absolute atomic E-state index is 8.82. The zero-order valence-corrected chi connectivity index (χ0v) is 13.1. The second-order valence-electron chi connectivity index (χ2n) is 4.89. The molecule has 3 rings (SSSR count). The van der Waals surface area contributed by atoms with Crippen molar-refractivity contribution in [3.05, 3.63) is 77.5 Å². The molecule has 1 atom stereocenters. The average Bonchev–Trinajstić information content (AvgIpc) is 3.09. The van der Waals surface area contributed by atoms with Crippen molar-refractivity contribution >= 4 is 18.3 Å². The topological polar surface area (TPSA) is 74.7 Å². The minimum Gasteiger partial charge on any atom is -0.422 e. The lowest BCUT2D eigenvalue weighted by molar-refractivity contribution is 0.462. The summed E-state index contributed by atoms with van der Waals surface area (Å²) in [6.07, 6.45) is 0. The molecule has 0 aliphatic rings. The Balaban J connectivity index is 1.67. The van der Waals surface area contributed by atoms with Gasteiger partial charge in [0.2, 0.25) is 11.8 Å². The van der Waals surface area contributed by atoms with E-state index in [2.05, 4.69) is 34.2 Å². The van der Waals surface area contributed by atoms with Gasteiger partial charge in [-0.05, 0) is 29.8 Å². The van der Waals surface area contributed by atoms with Gasteiger partial charge in [-0.1, -0.05) is 30.3 Å². The van der Waals surface area contributed by atoms with Crippen LogP contribution in [0.25, 0.3) is 0 Å². The molecule has 1 heterocycles. The van der Waals surface area contributed by atoms with E-state index in [4.69, 9.17) is 9.68 Å². The zero-order valence-electron chi connectivity index (χ0n) is 12.2. The monoisotopic (exact) mass is 322 g/mol. The number of aromatic nitrogens is 2. The Bertz CT molecular complexity index is 809. The SMILES string of the molecule is N#Cc1ccc(C(S)c2nnc(CNc3ccccc3)o2)cc1. The van der Waals surface area contributed by atoms with Crippen molar-refractivity contribution in [1.82, 2.24) is 10.2 Å². The molecule has 0 saturated heterocycles. The summed E-state index contributed by atoms with van der Waals surface area (Å²) in [5, 5.41) is 19.8. The van der Waals surface area contributed by atoms with Gasteiger partial charge in [0.15, 0.2) is 0 Å². The molecule has 114 valence electrons. The van der Waals surface area contributed by atoms with Crippen molar-refractivity contribution in [3.8, 4) is 6.07 Å². The summed E-state index contributed by atoms with van der Waals surface area (Å²) in [6, 6.07) is 19.0. The van der Waals surface area contributed by atoms with Gasteiger partial charge in [-0.15, -0.1) is 10.2 Å². The van der Waals surface area contributed by atoms with Crippen LogP contribution in [0.2, 0.25) is 0 Å². The van der Waals surface area contributed by atoms with Crippen LogP contribution in [0.1, 0.15) is 28.2 Å². The van der Waals surface area contributed by atoms with E-state index in [1.807, 2.05) is 42.5 Å². The summed E-state index contributed by atoms with van der Waals surface area (Å²) in [5.41, 5.74) is 2.49. The molecule has 0 spiro atoms. The molecule has 0 aliphatic heterocycles. The van der Waals surface area contributed by atoms with Crippen molar-refractivity contribution in [2.45, 2.75) is 11.8 Å². The van der Waals surface area contributed by atoms with E-state index in [-0.39, 0.29) is 5.25 Å². The van der Waals surface area contributed by atoms with Crippen LogP contribution >= 0.6 is 12.6 Å². The van der Waals surface area contributed by atoms with Gasteiger partial charge in [-0.2, -0.15) is 17.9 Å². The number of anilines is 1. The fourth-order valence-electron chi connectivity index (χ4n) is 2.06. The number of hydrogen-bond donors (Lipinski definition) is 2. The molecule has 0 amide bonds. The molecule has 2 aromatic carbocycles. The molecular formula is C17H14N4OS. The highest BCUT2D eigenvalue weighted by molar-refractivity contribution is 7.80. The molecule has 0 bridgehead atoms. The Morgan fingerprint density at radius 2 is 1.83 bits per heavy atom. The molecule has 1 aromatic heterocycles. The predicted octanol–water partition coefficient (Wildman–Crippen LogP) is 3.57. The maximum atomic E-state index is 8.82. The average molecular weight is 322 g/mol. The van der Waals surface area contributed by atoms with Crippen molar-refractivity contribution in [1.29, 1.82) is 5.26 Å². The van der Waals surface area contributed by atoms with E-state index in [9.17, 15) is 0 Å². The van der Waals surface area contributed by atoms with Crippen LogP contribution < -0.4 is 5.32 Å². The number of para-hydroxylation sites is 1. The van der Waals surface area contributed by atoms with Crippen molar-refractivity contribution in [2.24, 2.45) is 0 Å². The summed E-state index contributed by atoms with van der Waals surface area (Å²) in [4.78, 5) is 0. The molecule has 1 N–H and O–H groups in total. The lowest BCUT2D eigenvalue weighted by Crippen LogP contribution is -1.99. The van der Waals surface area contributed by atoms with Crippen molar-refractivity contribution < 1.29 is 4.42 Å². The van der Waals surface area contributed by atoms with E-state index in [1.54, 1.807) is 12.1 Å². The molecule has 0 fully saturated rings. The molecule has 0 radical (unpaired) electrons. The van der Waals surface area contributed by atoms with Crippen LogP contribution in [-0.2, 0) is 6.54 Å². The summed E-state index contributed by atoms with van der Waals surface area (Å²) in [5.74, 6) is 0.930. The van der Waals surface area contributed by atoms with E-state index in [0.29, 0.717) is 23.9 Å². The number of nitrogens with one attached hydrogen (secondary N) is 1. The van der Waals surface area contributed by atoms with Gasteiger partial charge in [-0.25, -0.2) is 0 Å². The van der Waals surface area contributed by atoms with E-state index in [0.717, 1.165) is 11.3 Å². The lowest BCUT2D eigenvalue weighted by Gasteiger charge is -2.06. The summed E-state index contributed by atoms with van der Waals surface area (Å²) < 4.78 is 5.65. The van der Waals surface area contributed by atoms with Gasteiger partial charge in [0.25, 0.3) is 0 Å². The number of benzene rings is 2. The number of thiol groups is 1. The third-order valence-electron chi connectivity index (χ3n) is 3.29. The van der Waals surface area contributed by atoms with Crippen LogP contribution in [0, 0.1) is 11.3 Å². The van der Waals surface area contributed by atoms with Crippen LogP contribution in [0.5, 0.6) is 0 Å². The third kappa shape index (κ3) is 3.71. The number of rotatable bonds is 5. The smallest absolute Gasteiger partial charge is 0.235 e. The predicted molar refractivity (Wildman–Crippen MR) is 90.1 cm³/mol. The molecule has 3 aromatic rings. The summed E-state index contributed by atoms with van der Waals surface area (Å²) in [7, 11) is 0. The molecule has 1 unspecified atom stereocenters. The van der Waals surface area contributed by atoms with Gasteiger partial charge in [0.1, 0.15) is 5.25 Å². The Hall–Kier alpha value is -2.78. The molecule has 6 heteroatoms. The van der Waals surface area contributed by atoms with Crippen LogP contribution in [0.4, 0.5) is 5.69 Å². The highest BCUT2D eigenvalue weighted by Crippen LogP contribution is 2.27. The van der Waals surface area contributed by atoms with Gasteiger partial charge >= 0.3 is 0 Å². The molecule has 23 heavy (non-hydrogen) atoms. The Labute approximate surface area is 139 Å².